The Balaban J connectivity index is 3.92. The van der Waals surface area contributed by atoms with Gasteiger partial charge in [-0.1, -0.05) is 6.92 Å². The number of methoxy groups -OCH3 is 1. The van der Waals surface area contributed by atoms with Crippen LogP contribution in [0.15, 0.2) is 0 Å². The molecule has 0 radical (unpaired) electrons. The molecule has 0 saturated heterocycles. The van der Waals surface area contributed by atoms with E-state index in [2.05, 4.69) is 10.6 Å². The molecule has 2 amide bonds. The number of nitrogens with one attached hydrogen (secondary N) is 2. The molecule has 0 unspecified atom stereocenters. The summed E-state index contributed by atoms with van der Waals surface area (Å²) in [6.07, 6.45) is 0.810. The lowest BCUT2D eigenvalue weighted by molar-refractivity contribution is -0.137. The third kappa shape index (κ3) is 8.77. The van der Waals surface area contributed by atoms with Crippen LogP contribution in [0, 0.1) is 0 Å². The Morgan fingerprint density at radius 2 is 2.06 bits per heavy atom. The summed E-state index contributed by atoms with van der Waals surface area (Å²) in [4.78, 5) is 23.5. The number of carbonyl (C=O) groups is 2. The lowest BCUT2D eigenvalue weighted by atomic mass is 10.4. The Bertz CT molecular complexity index is 248. The van der Waals surface area contributed by atoms with Gasteiger partial charge in [-0.15, -0.1) is 0 Å². The topological polar surface area (TPSA) is 90.9 Å². The molecule has 0 aromatic heterocycles. The number of carbonyl (C=O) groups excluding carboxylic acids is 1. The highest BCUT2D eigenvalue weighted by Gasteiger charge is 2.15. The van der Waals surface area contributed by atoms with Crippen molar-refractivity contribution in [2.45, 2.75) is 13.3 Å². The second kappa shape index (κ2) is 10.8. The van der Waals surface area contributed by atoms with Gasteiger partial charge in [-0.05, 0) is 19.5 Å². The monoisotopic (exact) mass is 261 g/mol. The summed E-state index contributed by atoms with van der Waals surface area (Å²) >= 11 is 0. The van der Waals surface area contributed by atoms with E-state index in [1.54, 1.807) is 0 Å². The van der Waals surface area contributed by atoms with Crippen LogP contribution in [0.1, 0.15) is 13.3 Å². The molecule has 0 spiro atoms. The van der Waals surface area contributed by atoms with E-state index in [1.807, 2.05) is 6.92 Å². The summed E-state index contributed by atoms with van der Waals surface area (Å²) in [6, 6.07) is -0.369. The van der Waals surface area contributed by atoms with Crippen LogP contribution in [0.4, 0.5) is 4.79 Å². The number of nitrogens with zero attached hydrogens (tertiary/aromatic N) is 1. The maximum Gasteiger partial charge on any atom is 0.323 e. The summed E-state index contributed by atoms with van der Waals surface area (Å²) < 4.78 is 4.84. The summed E-state index contributed by atoms with van der Waals surface area (Å²) in [5.74, 6) is -1.03. The van der Waals surface area contributed by atoms with E-state index in [-0.39, 0.29) is 19.1 Å². The van der Waals surface area contributed by atoms with E-state index < -0.39 is 5.97 Å². The SMILES string of the molecule is CCNCCCNC(=O)N(CCOC)CC(=O)O. The van der Waals surface area contributed by atoms with Gasteiger partial charge in [-0.2, -0.15) is 0 Å². The number of aliphatic carboxylic acids is 1. The molecule has 18 heavy (non-hydrogen) atoms. The molecule has 0 aromatic carbocycles. The van der Waals surface area contributed by atoms with Crippen LogP contribution in [0.5, 0.6) is 0 Å². The summed E-state index contributed by atoms with van der Waals surface area (Å²) in [6.45, 7) is 4.52. The van der Waals surface area contributed by atoms with E-state index in [4.69, 9.17) is 9.84 Å². The fourth-order valence-corrected chi connectivity index (χ4v) is 1.31. The molecular weight excluding hydrogens is 238 g/mol. The number of hydrogen-bond donors (Lipinski definition) is 3. The van der Waals surface area contributed by atoms with Crippen molar-refractivity contribution in [1.82, 2.24) is 15.5 Å². The largest absolute Gasteiger partial charge is 0.480 e. The van der Waals surface area contributed by atoms with Crippen LogP contribution < -0.4 is 10.6 Å². The third-order valence-corrected chi connectivity index (χ3v) is 2.24. The average Bonchev–Trinajstić information content (AvgIpc) is 2.33. The van der Waals surface area contributed by atoms with Gasteiger partial charge in [-0.25, -0.2) is 4.79 Å². The predicted molar refractivity (Wildman–Crippen MR) is 67.6 cm³/mol. The number of rotatable bonds is 10. The van der Waals surface area contributed by atoms with Crippen LogP contribution >= 0.6 is 0 Å². The molecule has 0 aliphatic heterocycles. The predicted octanol–water partition coefficient (Wildman–Crippen LogP) is -0.271. The Hall–Kier alpha value is -1.34. The second-order valence-corrected chi connectivity index (χ2v) is 3.75. The molecule has 0 aromatic rings. The molecule has 0 bridgehead atoms. The Morgan fingerprint density at radius 1 is 1.33 bits per heavy atom. The number of carboxylic acids is 1. The van der Waals surface area contributed by atoms with Crippen molar-refractivity contribution in [2.24, 2.45) is 0 Å². The quantitative estimate of drug-likeness (QED) is 0.471. The number of carboxylic acid groups (broad SMARTS) is 1. The van der Waals surface area contributed by atoms with Gasteiger partial charge in [-0.3, -0.25) is 4.79 Å². The van der Waals surface area contributed by atoms with Gasteiger partial charge in [0.1, 0.15) is 6.54 Å². The highest BCUT2D eigenvalue weighted by atomic mass is 16.5. The van der Waals surface area contributed by atoms with Gasteiger partial charge in [0.2, 0.25) is 0 Å². The molecule has 0 atom stereocenters. The van der Waals surface area contributed by atoms with Crippen LogP contribution in [0.25, 0.3) is 0 Å². The van der Waals surface area contributed by atoms with E-state index in [1.165, 1.54) is 12.0 Å². The first-order valence-corrected chi connectivity index (χ1v) is 6.06. The van der Waals surface area contributed by atoms with Crippen molar-refractivity contribution >= 4 is 12.0 Å². The number of ether oxygens (including phenoxy) is 1. The van der Waals surface area contributed by atoms with Gasteiger partial charge in [0.25, 0.3) is 0 Å². The summed E-state index contributed by atoms with van der Waals surface area (Å²) in [7, 11) is 1.51. The minimum atomic E-state index is -1.03. The van der Waals surface area contributed by atoms with E-state index in [0.717, 1.165) is 19.5 Å². The van der Waals surface area contributed by atoms with Gasteiger partial charge in [0.15, 0.2) is 0 Å². The number of amides is 2. The second-order valence-electron chi connectivity index (χ2n) is 3.75. The first-order valence-electron chi connectivity index (χ1n) is 6.06. The minimum absolute atomic E-state index is 0.266. The maximum absolute atomic E-state index is 11.7. The van der Waals surface area contributed by atoms with E-state index in [0.29, 0.717) is 13.2 Å². The fraction of sp³-hybridized carbons (Fsp3) is 0.818. The van der Waals surface area contributed by atoms with Gasteiger partial charge >= 0.3 is 12.0 Å². The molecule has 3 N–H and O–H groups in total. The lowest BCUT2D eigenvalue weighted by Gasteiger charge is -2.20. The average molecular weight is 261 g/mol. The van der Waals surface area contributed by atoms with Crippen molar-refractivity contribution in [3.63, 3.8) is 0 Å². The van der Waals surface area contributed by atoms with Gasteiger partial charge in [0, 0.05) is 20.2 Å². The maximum atomic E-state index is 11.7. The standard InChI is InChI=1S/C11H23N3O4/c1-3-12-5-4-6-13-11(17)14(7-8-18-2)9-10(15)16/h12H,3-9H2,1-2H3,(H,13,17)(H,15,16). The molecule has 0 fully saturated rings. The highest BCUT2D eigenvalue weighted by molar-refractivity contribution is 5.80. The number of urea groups is 1. The molecule has 7 heteroatoms. The molecule has 0 aliphatic carbocycles. The van der Waals surface area contributed by atoms with E-state index in [9.17, 15) is 9.59 Å². The summed E-state index contributed by atoms with van der Waals surface area (Å²) in [5, 5.41) is 14.5. The minimum Gasteiger partial charge on any atom is -0.480 e. The fourth-order valence-electron chi connectivity index (χ4n) is 1.31. The zero-order chi connectivity index (χ0) is 13.8. The van der Waals surface area contributed by atoms with Crippen molar-refractivity contribution in [2.75, 3.05) is 46.4 Å². The molecule has 0 aliphatic rings. The van der Waals surface area contributed by atoms with Gasteiger partial charge in [0.05, 0.1) is 6.61 Å². The van der Waals surface area contributed by atoms with Crippen molar-refractivity contribution in [3.05, 3.63) is 0 Å². The molecular formula is C11H23N3O4. The van der Waals surface area contributed by atoms with Crippen LogP contribution in [-0.2, 0) is 9.53 Å². The van der Waals surface area contributed by atoms with Gasteiger partial charge < -0.3 is 25.4 Å². The summed E-state index contributed by atoms with van der Waals surface area (Å²) in [5.41, 5.74) is 0. The highest BCUT2D eigenvalue weighted by Crippen LogP contribution is 1.91. The molecule has 0 rings (SSSR count). The molecule has 0 heterocycles. The number of hydrogen-bond acceptors (Lipinski definition) is 4. The third-order valence-electron chi connectivity index (χ3n) is 2.24. The first-order chi connectivity index (χ1) is 8.61. The Labute approximate surface area is 107 Å². The van der Waals surface area contributed by atoms with Crippen molar-refractivity contribution in [3.8, 4) is 0 Å². The lowest BCUT2D eigenvalue weighted by Crippen LogP contribution is -2.44. The van der Waals surface area contributed by atoms with Crippen LogP contribution in [0.2, 0.25) is 0 Å². The van der Waals surface area contributed by atoms with Crippen molar-refractivity contribution < 1.29 is 19.4 Å². The Morgan fingerprint density at radius 3 is 2.61 bits per heavy atom. The zero-order valence-electron chi connectivity index (χ0n) is 11.1. The smallest absolute Gasteiger partial charge is 0.323 e. The molecule has 0 saturated carbocycles. The normalized spacial score (nSPS) is 10.1. The Kier molecular flexibility index (Phi) is 9.99. The van der Waals surface area contributed by atoms with Crippen LogP contribution in [0.3, 0.4) is 0 Å². The van der Waals surface area contributed by atoms with Crippen LogP contribution in [-0.4, -0.2) is 68.4 Å². The van der Waals surface area contributed by atoms with Crippen molar-refractivity contribution in [1.29, 1.82) is 0 Å². The molecule has 106 valence electrons. The first kappa shape index (κ1) is 16.7. The zero-order valence-corrected chi connectivity index (χ0v) is 11.1. The van der Waals surface area contributed by atoms with E-state index >= 15 is 0 Å². The molecule has 7 nitrogen and oxygen atoms in total.